The Kier molecular flexibility index (Phi) is 4.58. The summed E-state index contributed by atoms with van der Waals surface area (Å²) in [5.41, 5.74) is 1.87. The monoisotopic (exact) mass is 431 g/mol. The van der Waals surface area contributed by atoms with Crippen molar-refractivity contribution in [3.8, 4) is 0 Å². The summed E-state index contributed by atoms with van der Waals surface area (Å²) in [4.78, 5) is 72.2. The van der Waals surface area contributed by atoms with Gasteiger partial charge in [0.1, 0.15) is 6.04 Å². The molecule has 3 heterocycles. The maximum absolute atomic E-state index is 13.2. The first-order chi connectivity index (χ1) is 15.5. The highest BCUT2D eigenvalue weighted by molar-refractivity contribution is 6.22. The standard InChI is InChI=1S/C23H17N3O6/c27-19-9-10-20(28)26(19)32-23(31)18(11-13-12-24-17-8-4-3-5-14(13)17)25-21(29)15-6-1-2-7-16(15)22(25)30/h1-8,12,18,24H,9-11H2/t18-/m0/s1. The van der Waals surface area contributed by atoms with Gasteiger partial charge in [0.05, 0.1) is 11.1 Å². The molecule has 9 nitrogen and oxygen atoms in total. The van der Waals surface area contributed by atoms with E-state index in [0.717, 1.165) is 15.8 Å². The van der Waals surface area contributed by atoms with Gasteiger partial charge < -0.3 is 9.82 Å². The van der Waals surface area contributed by atoms with Crippen LogP contribution >= 0.6 is 0 Å². The molecule has 1 aromatic heterocycles. The number of para-hydroxylation sites is 1. The highest BCUT2D eigenvalue weighted by Gasteiger charge is 2.45. The van der Waals surface area contributed by atoms with Crippen molar-refractivity contribution in [2.24, 2.45) is 0 Å². The molecule has 5 rings (SSSR count). The Bertz CT molecular complexity index is 1260. The molecular weight excluding hydrogens is 414 g/mol. The number of nitrogens with one attached hydrogen (secondary N) is 1. The highest BCUT2D eigenvalue weighted by atomic mass is 16.7. The Hall–Kier alpha value is -4.27. The number of benzene rings is 2. The van der Waals surface area contributed by atoms with E-state index in [1.54, 1.807) is 18.3 Å². The van der Waals surface area contributed by atoms with Crippen molar-refractivity contribution in [2.45, 2.75) is 25.3 Å². The molecular formula is C23H17N3O6. The minimum Gasteiger partial charge on any atom is -0.361 e. The summed E-state index contributed by atoms with van der Waals surface area (Å²) in [6.45, 7) is 0. The van der Waals surface area contributed by atoms with Crippen LogP contribution in [0.2, 0.25) is 0 Å². The summed E-state index contributed by atoms with van der Waals surface area (Å²) < 4.78 is 0. The predicted octanol–water partition coefficient (Wildman–Crippen LogP) is 1.98. The number of H-pyrrole nitrogens is 1. The van der Waals surface area contributed by atoms with Gasteiger partial charge in [-0.1, -0.05) is 30.3 Å². The molecule has 0 spiro atoms. The number of carbonyl (C=O) groups is 5. The van der Waals surface area contributed by atoms with Crippen molar-refractivity contribution < 1.29 is 28.8 Å². The molecule has 0 saturated carbocycles. The summed E-state index contributed by atoms with van der Waals surface area (Å²) in [6, 6.07) is 12.3. The topological polar surface area (TPSA) is 117 Å². The lowest BCUT2D eigenvalue weighted by Crippen LogP contribution is -2.49. The molecule has 4 amide bonds. The maximum Gasteiger partial charge on any atom is 0.356 e. The molecule has 2 aliphatic heterocycles. The fourth-order valence-corrected chi connectivity index (χ4v) is 4.09. The predicted molar refractivity (Wildman–Crippen MR) is 110 cm³/mol. The number of hydrogen-bond donors (Lipinski definition) is 1. The van der Waals surface area contributed by atoms with Gasteiger partial charge in [0.2, 0.25) is 0 Å². The first kappa shape index (κ1) is 19.7. The van der Waals surface area contributed by atoms with E-state index in [0.29, 0.717) is 10.6 Å². The van der Waals surface area contributed by atoms with Crippen molar-refractivity contribution in [1.29, 1.82) is 0 Å². The number of amides is 4. The van der Waals surface area contributed by atoms with E-state index < -0.39 is 35.6 Å². The van der Waals surface area contributed by atoms with Gasteiger partial charge in [-0.25, -0.2) is 4.79 Å². The van der Waals surface area contributed by atoms with Crippen LogP contribution in [0.15, 0.2) is 54.7 Å². The van der Waals surface area contributed by atoms with Crippen LogP contribution in [0.1, 0.15) is 39.1 Å². The number of nitrogens with zero attached hydrogens (tertiary/aromatic N) is 2. The molecule has 1 fully saturated rings. The maximum atomic E-state index is 13.2. The van der Waals surface area contributed by atoms with E-state index >= 15 is 0 Å². The molecule has 2 aromatic carbocycles. The molecule has 32 heavy (non-hydrogen) atoms. The Morgan fingerprint density at radius 3 is 2.16 bits per heavy atom. The van der Waals surface area contributed by atoms with Crippen LogP contribution in [0, 0.1) is 0 Å². The van der Waals surface area contributed by atoms with E-state index in [1.165, 1.54) is 12.1 Å². The Morgan fingerprint density at radius 1 is 0.906 bits per heavy atom. The summed E-state index contributed by atoms with van der Waals surface area (Å²) in [6.07, 6.45) is 1.51. The van der Waals surface area contributed by atoms with Gasteiger partial charge >= 0.3 is 5.97 Å². The van der Waals surface area contributed by atoms with Crippen LogP contribution in [0.5, 0.6) is 0 Å². The van der Waals surface area contributed by atoms with E-state index in [1.807, 2.05) is 24.3 Å². The van der Waals surface area contributed by atoms with E-state index in [2.05, 4.69) is 4.98 Å². The van der Waals surface area contributed by atoms with Gasteiger partial charge in [0.25, 0.3) is 23.6 Å². The van der Waals surface area contributed by atoms with Crippen LogP contribution in [0.25, 0.3) is 10.9 Å². The zero-order valence-electron chi connectivity index (χ0n) is 16.7. The summed E-state index contributed by atoms with van der Waals surface area (Å²) >= 11 is 0. The molecule has 2 aliphatic rings. The largest absolute Gasteiger partial charge is 0.361 e. The minimum atomic E-state index is -1.37. The van der Waals surface area contributed by atoms with Gasteiger partial charge in [0, 0.05) is 36.4 Å². The molecule has 0 unspecified atom stereocenters. The summed E-state index contributed by atoms with van der Waals surface area (Å²) in [7, 11) is 0. The summed E-state index contributed by atoms with van der Waals surface area (Å²) in [5.74, 6) is -3.58. The first-order valence-electron chi connectivity index (χ1n) is 10.0. The van der Waals surface area contributed by atoms with Crippen LogP contribution in [-0.4, -0.2) is 50.6 Å². The number of carbonyl (C=O) groups excluding carboxylic acids is 5. The third-order valence-corrected chi connectivity index (χ3v) is 5.68. The van der Waals surface area contributed by atoms with Crippen LogP contribution in [0.3, 0.4) is 0 Å². The molecule has 160 valence electrons. The lowest BCUT2D eigenvalue weighted by molar-refractivity contribution is -0.200. The molecule has 1 saturated heterocycles. The molecule has 0 radical (unpaired) electrons. The second-order valence-corrected chi connectivity index (χ2v) is 7.60. The third-order valence-electron chi connectivity index (χ3n) is 5.68. The van der Waals surface area contributed by atoms with Crippen LogP contribution in [-0.2, 0) is 25.6 Å². The average molecular weight is 431 g/mol. The fraction of sp³-hybridized carbons (Fsp3) is 0.174. The molecule has 0 aliphatic carbocycles. The smallest absolute Gasteiger partial charge is 0.356 e. The van der Waals surface area contributed by atoms with Gasteiger partial charge in [-0.15, -0.1) is 5.06 Å². The second kappa shape index (κ2) is 7.45. The Balaban J connectivity index is 1.52. The van der Waals surface area contributed by atoms with Crippen molar-refractivity contribution >= 4 is 40.5 Å². The molecule has 9 heteroatoms. The van der Waals surface area contributed by atoms with E-state index in [-0.39, 0.29) is 30.4 Å². The Morgan fingerprint density at radius 2 is 1.50 bits per heavy atom. The molecule has 0 bridgehead atoms. The normalized spacial score (nSPS) is 16.8. The van der Waals surface area contributed by atoms with Crippen molar-refractivity contribution in [3.05, 3.63) is 71.4 Å². The first-order valence-corrected chi connectivity index (χ1v) is 10.0. The number of aromatic nitrogens is 1. The Labute approximate surface area is 181 Å². The second-order valence-electron chi connectivity index (χ2n) is 7.60. The van der Waals surface area contributed by atoms with Crippen molar-refractivity contribution in [1.82, 2.24) is 14.9 Å². The lowest BCUT2D eigenvalue weighted by atomic mass is 10.0. The highest BCUT2D eigenvalue weighted by Crippen LogP contribution is 2.29. The minimum absolute atomic E-state index is 0.0511. The quantitative estimate of drug-likeness (QED) is 0.618. The molecule has 1 N–H and O–H groups in total. The van der Waals surface area contributed by atoms with E-state index in [9.17, 15) is 24.0 Å². The zero-order valence-corrected chi connectivity index (χ0v) is 16.7. The lowest BCUT2D eigenvalue weighted by Gasteiger charge is -2.25. The van der Waals surface area contributed by atoms with Crippen LogP contribution < -0.4 is 0 Å². The average Bonchev–Trinajstić information content (AvgIpc) is 3.43. The zero-order chi connectivity index (χ0) is 22.4. The van der Waals surface area contributed by atoms with Crippen LogP contribution in [0.4, 0.5) is 0 Å². The number of hydroxylamine groups is 2. The SMILES string of the molecule is O=C(ON1C(=O)CCC1=O)[C@H](Cc1c[nH]c2ccccc12)N1C(=O)c2ccccc2C1=O. The van der Waals surface area contributed by atoms with Gasteiger partial charge in [-0.3, -0.25) is 24.1 Å². The molecule has 3 aromatic rings. The molecule has 1 atom stereocenters. The fourth-order valence-electron chi connectivity index (χ4n) is 4.09. The number of hydrogen-bond acceptors (Lipinski definition) is 6. The number of rotatable bonds is 5. The third kappa shape index (κ3) is 3.06. The summed E-state index contributed by atoms with van der Waals surface area (Å²) in [5, 5.41) is 1.23. The number of fused-ring (bicyclic) bond motifs is 2. The number of aromatic amines is 1. The van der Waals surface area contributed by atoms with E-state index in [4.69, 9.17) is 4.84 Å². The number of imide groups is 2. The van der Waals surface area contributed by atoms with Crippen molar-refractivity contribution in [2.75, 3.05) is 0 Å². The van der Waals surface area contributed by atoms with Gasteiger partial charge in [-0.2, -0.15) is 0 Å². The van der Waals surface area contributed by atoms with Gasteiger partial charge in [0.15, 0.2) is 0 Å². The van der Waals surface area contributed by atoms with Gasteiger partial charge in [-0.05, 0) is 23.8 Å². The van der Waals surface area contributed by atoms with Crippen molar-refractivity contribution in [3.63, 3.8) is 0 Å².